The fourth-order valence-corrected chi connectivity index (χ4v) is 2.92. The van der Waals surface area contributed by atoms with Gasteiger partial charge in [0, 0.05) is 36.5 Å². The van der Waals surface area contributed by atoms with Crippen molar-refractivity contribution in [3.05, 3.63) is 71.2 Å². The number of aryl methyl sites for hydroxylation is 1. The van der Waals surface area contributed by atoms with Crippen LogP contribution < -0.4 is 10.1 Å². The maximum Gasteiger partial charge on any atom is 0.394 e. The number of ether oxygens (including phenoxy) is 1. The smallest absolute Gasteiger partial charge is 0.394 e. The molecule has 0 aliphatic carbocycles. The molecule has 11 heteroatoms. The number of hydrogen-bond acceptors (Lipinski definition) is 7. The van der Waals surface area contributed by atoms with Crippen molar-refractivity contribution in [2.24, 2.45) is 7.05 Å². The second kappa shape index (κ2) is 8.28. The van der Waals surface area contributed by atoms with E-state index in [9.17, 15) is 9.59 Å². The molecule has 0 unspecified atom stereocenters. The molecule has 31 heavy (non-hydrogen) atoms. The van der Waals surface area contributed by atoms with E-state index in [2.05, 4.69) is 25.1 Å². The van der Waals surface area contributed by atoms with E-state index in [0.717, 1.165) is 0 Å². The standard InChI is InChI=1S/C20H14ClN5O5/c1-26-8-7-16(24-26)22-18(27)11-3-2-4-12(9-11)30-13-5-6-14(15(21)10-13)17-23-19(20(28)29)31-25-17/h2-10H,1H3,(H,28,29)(H,22,24,27). The zero-order valence-electron chi connectivity index (χ0n) is 15.9. The van der Waals surface area contributed by atoms with Gasteiger partial charge in [0.1, 0.15) is 11.5 Å². The molecule has 0 fully saturated rings. The molecule has 0 aliphatic heterocycles. The highest BCUT2D eigenvalue weighted by Crippen LogP contribution is 2.32. The number of aromatic nitrogens is 4. The maximum atomic E-state index is 12.4. The predicted octanol–water partition coefficient (Wildman–Crippen LogP) is 3.87. The minimum absolute atomic E-state index is 0.0436. The third-order valence-electron chi connectivity index (χ3n) is 4.08. The summed E-state index contributed by atoms with van der Waals surface area (Å²) < 4.78 is 12.0. The Balaban J connectivity index is 1.50. The second-order valence-corrected chi connectivity index (χ2v) is 6.74. The first kappa shape index (κ1) is 20.1. The summed E-state index contributed by atoms with van der Waals surface area (Å²) in [6.45, 7) is 0. The number of amides is 1. The van der Waals surface area contributed by atoms with Crippen molar-refractivity contribution in [3.63, 3.8) is 0 Å². The summed E-state index contributed by atoms with van der Waals surface area (Å²) in [6.07, 6.45) is 1.72. The van der Waals surface area contributed by atoms with Crippen LogP contribution in [0.4, 0.5) is 5.82 Å². The lowest BCUT2D eigenvalue weighted by Gasteiger charge is -2.09. The van der Waals surface area contributed by atoms with Gasteiger partial charge in [0.2, 0.25) is 5.82 Å². The Morgan fingerprint density at radius 2 is 1.97 bits per heavy atom. The number of nitrogens with zero attached hydrogens (tertiary/aromatic N) is 4. The molecule has 2 N–H and O–H groups in total. The van der Waals surface area contributed by atoms with Gasteiger partial charge in [-0.3, -0.25) is 9.48 Å². The lowest BCUT2D eigenvalue weighted by atomic mass is 10.2. The van der Waals surface area contributed by atoms with Gasteiger partial charge in [0.05, 0.1) is 5.02 Å². The predicted molar refractivity (Wildman–Crippen MR) is 109 cm³/mol. The molecule has 0 radical (unpaired) electrons. The molecular formula is C20H14ClN5O5. The molecule has 0 aliphatic rings. The molecule has 0 atom stereocenters. The molecule has 10 nitrogen and oxygen atoms in total. The van der Waals surface area contributed by atoms with E-state index < -0.39 is 11.9 Å². The van der Waals surface area contributed by atoms with Crippen molar-refractivity contribution in [3.8, 4) is 22.9 Å². The summed E-state index contributed by atoms with van der Waals surface area (Å²) in [5.74, 6) is -0.892. The monoisotopic (exact) mass is 439 g/mol. The van der Waals surface area contributed by atoms with E-state index in [4.69, 9.17) is 21.4 Å². The average Bonchev–Trinajstić information content (AvgIpc) is 3.38. The van der Waals surface area contributed by atoms with Gasteiger partial charge in [-0.1, -0.05) is 22.8 Å². The van der Waals surface area contributed by atoms with Crippen molar-refractivity contribution in [1.82, 2.24) is 19.9 Å². The molecule has 0 bridgehead atoms. The van der Waals surface area contributed by atoms with Crippen LogP contribution in [0.25, 0.3) is 11.4 Å². The number of benzene rings is 2. The highest BCUT2D eigenvalue weighted by molar-refractivity contribution is 6.33. The molecule has 0 saturated carbocycles. The molecule has 4 aromatic rings. The number of carboxylic acid groups (broad SMARTS) is 1. The quantitative estimate of drug-likeness (QED) is 0.462. The van der Waals surface area contributed by atoms with Crippen LogP contribution >= 0.6 is 11.6 Å². The first-order valence-corrected chi connectivity index (χ1v) is 9.22. The first-order valence-electron chi connectivity index (χ1n) is 8.85. The molecule has 2 aromatic heterocycles. The molecule has 2 heterocycles. The van der Waals surface area contributed by atoms with E-state index in [1.54, 1.807) is 60.4 Å². The second-order valence-electron chi connectivity index (χ2n) is 6.33. The molecule has 4 rings (SSSR count). The van der Waals surface area contributed by atoms with Crippen LogP contribution in [-0.4, -0.2) is 36.9 Å². The van der Waals surface area contributed by atoms with Crippen LogP contribution in [0.15, 0.2) is 59.3 Å². The van der Waals surface area contributed by atoms with Crippen molar-refractivity contribution in [2.45, 2.75) is 0 Å². The Hall–Kier alpha value is -4.18. The zero-order chi connectivity index (χ0) is 22.0. The van der Waals surface area contributed by atoms with Crippen LogP contribution in [0.1, 0.15) is 21.0 Å². The topological polar surface area (TPSA) is 132 Å². The van der Waals surface area contributed by atoms with Gasteiger partial charge in [-0.15, -0.1) is 0 Å². The van der Waals surface area contributed by atoms with Gasteiger partial charge in [-0.25, -0.2) is 4.79 Å². The Morgan fingerprint density at radius 1 is 1.16 bits per heavy atom. The van der Waals surface area contributed by atoms with Gasteiger partial charge in [0.25, 0.3) is 5.91 Å². The number of rotatable bonds is 6. The Morgan fingerprint density at radius 3 is 2.65 bits per heavy atom. The number of carbonyl (C=O) groups excluding carboxylic acids is 1. The van der Waals surface area contributed by atoms with Crippen LogP contribution in [0.2, 0.25) is 5.02 Å². The molecular weight excluding hydrogens is 426 g/mol. The molecule has 1 amide bonds. The highest BCUT2D eigenvalue weighted by Gasteiger charge is 2.17. The van der Waals surface area contributed by atoms with Gasteiger partial charge < -0.3 is 19.7 Å². The Labute approximate surface area is 180 Å². The van der Waals surface area contributed by atoms with Crippen LogP contribution in [0, 0.1) is 0 Å². The third kappa shape index (κ3) is 4.54. The van der Waals surface area contributed by atoms with Gasteiger partial charge in [-0.2, -0.15) is 10.1 Å². The van der Waals surface area contributed by atoms with E-state index in [1.807, 2.05) is 0 Å². The minimum atomic E-state index is -1.33. The summed E-state index contributed by atoms with van der Waals surface area (Å²) in [7, 11) is 1.75. The molecule has 156 valence electrons. The summed E-state index contributed by atoms with van der Waals surface area (Å²) in [4.78, 5) is 27.1. The molecule has 0 saturated heterocycles. The molecule has 0 spiro atoms. The summed E-state index contributed by atoms with van der Waals surface area (Å²) in [5, 5.41) is 19.5. The summed E-state index contributed by atoms with van der Waals surface area (Å²) in [6, 6.07) is 13.0. The van der Waals surface area contributed by atoms with Crippen LogP contribution in [0.3, 0.4) is 0 Å². The lowest BCUT2D eigenvalue weighted by Crippen LogP contribution is -2.12. The number of hydrogen-bond donors (Lipinski definition) is 2. The van der Waals surface area contributed by atoms with Crippen molar-refractivity contribution >= 4 is 29.3 Å². The SMILES string of the molecule is Cn1ccc(NC(=O)c2cccc(Oc3ccc(-c4noc(C(=O)O)n4)c(Cl)c3)c2)n1. The lowest BCUT2D eigenvalue weighted by molar-refractivity contribution is 0.0643. The summed E-state index contributed by atoms with van der Waals surface area (Å²) in [5.41, 5.74) is 0.771. The van der Waals surface area contributed by atoms with E-state index in [1.165, 1.54) is 6.07 Å². The zero-order valence-corrected chi connectivity index (χ0v) is 16.7. The number of carboxylic acids is 1. The van der Waals surface area contributed by atoms with Crippen molar-refractivity contribution in [1.29, 1.82) is 0 Å². The largest absolute Gasteiger partial charge is 0.474 e. The van der Waals surface area contributed by atoms with Gasteiger partial charge in [0.15, 0.2) is 5.82 Å². The van der Waals surface area contributed by atoms with Crippen molar-refractivity contribution < 1.29 is 24.0 Å². The first-order chi connectivity index (χ1) is 14.9. The van der Waals surface area contributed by atoms with Crippen LogP contribution in [-0.2, 0) is 7.05 Å². The summed E-state index contributed by atoms with van der Waals surface area (Å²) >= 11 is 6.27. The maximum absolute atomic E-state index is 12.4. The van der Waals surface area contributed by atoms with E-state index >= 15 is 0 Å². The molecule has 2 aromatic carbocycles. The fraction of sp³-hybridized carbons (Fsp3) is 0.0500. The fourth-order valence-electron chi connectivity index (χ4n) is 2.67. The number of nitrogens with one attached hydrogen (secondary N) is 1. The Bertz CT molecular complexity index is 1280. The normalized spacial score (nSPS) is 10.6. The third-order valence-corrected chi connectivity index (χ3v) is 4.39. The average molecular weight is 440 g/mol. The van der Waals surface area contributed by atoms with Crippen LogP contribution in [0.5, 0.6) is 11.5 Å². The van der Waals surface area contributed by atoms with E-state index in [0.29, 0.717) is 28.4 Å². The van der Waals surface area contributed by atoms with Gasteiger partial charge >= 0.3 is 11.9 Å². The highest BCUT2D eigenvalue weighted by atomic mass is 35.5. The number of aromatic carboxylic acids is 1. The van der Waals surface area contributed by atoms with Gasteiger partial charge in [-0.05, 0) is 30.3 Å². The van der Waals surface area contributed by atoms with E-state index in [-0.39, 0.29) is 16.8 Å². The number of halogens is 1. The Kier molecular flexibility index (Phi) is 5.37. The number of carbonyl (C=O) groups is 2. The minimum Gasteiger partial charge on any atom is -0.474 e. The van der Waals surface area contributed by atoms with Crippen molar-refractivity contribution in [2.75, 3.05) is 5.32 Å². The number of anilines is 1.